The van der Waals surface area contributed by atoms with Gasteiger partial charge in [0.15, 0.2) is 0 Å². The quantitative estimate of drug-likeness (QED) is 0.760. The van der Waals surface area contributed by atoms with E-state index in [0.717, 1.165) is 16.7 Å². The molecule has 7 heteroatoms. The Morgan fingerprint density at radius 2 is 1.63 bits per heavy atom. The van der Waals surface area contributed by atoms with Crippen molar-refractivity contribution in [1.29, 1.82) is 0 Å². The average molecular weight is 391 g/mol. The van der Waals surface area contributed by atoms with Crippen molar-refractivity contribution >= 4 is 21.6 Å². The van der Waals surface area contributed by atoms with Gasteiger partial charge in [0.2, 0.25) is 15.9 Å². The Labute approximate surface area is 161 Å². The molecule has 2 aromatic carbocycles. The van der Waals surface area contributed by atoms with Crippen LogP contribution < -0.4 is 14.8 Å². The molecule has 0 aliphatic rings. The summed E-state index contributed by atoms with van der Waals surface area (Å²) in [5.74, 6) is 0.173. The first-order valence-electron chi connectivity index (χ1n) is 8.78. The summed E-state index contributed by atoms with van der Waals surface area (Å²) in [5, 5.41) is 2.82. The van der Waals surface area contributed by atoms with E-state index in [2.05, 4.69) is 10.0 Å². The maximum absolute atomic E-state index is 12.5. The number of sulfonamides is 1. The molecule has 2 N–H and O–H groups in total. The van der Waals surface area contributed by atoms with Gasteiger partial charge in [0.25, 0.3) is 0 Å². The van der Waals surface area contributed by atoms with Gasteiger partial charge in [-0.05, 0) is 70.0 Å². The van der Waals surface area contributed by atoms with E-state index in [1.807, 2.05) is 39.8 Å². The van der Waals surface area contributed by atoms with Crippen LogP contribution in [0.3, 0.4) is 0 Å². The Morgan fingerprint density at radius 3 is 2.15 bits per heavy atom. The van der Waals surface area contributed by atoms with Crippen LogP contribution in [0.1, 0.15) is 30.5 Å². The highest BCUT2D eigenvalue weighted by Gasteiger charge is 2.23. The zero-order chi connectivity index (χ0) is 20.2. The smallest absolute Gasteiger partial charge is 0.242 e. The van der Waals surface area contributed by atoms with Crippen LogP contribution in [0.25, 0.3) is 0 Å². The lowest BCUT2D eigenvalue weighted by Gasteiger charge is -2.17. The van der Waals surface area contributed by atoms with Crippen molar-refractivity contribution in [2.24, 2.45) is 0 Å². The zero-order valence-electron chi connectivity index (χ0n) is 16.3. The molecule has 0 bridgehead atoms. The molecule has 0 spiro atoms. The number of hydrogen-bond acceptors (Lipinski definition) is 4. The summed E-state index contributed by atoms with van der Waals surface area (Å²) < 4.78 is 32.8. The van der Waals surface area contributed by atoms with E-state index in [1.165, 1.54) is 19.1 Å². The van der Waals surface area contributed by atoms with Crippen molar-refractivity contribution in [3.8, 4) is 5.75 Å². The fraction of sp³-hybridized carbons (Fsp3) is 0.350. The van der Waals surface area contributed by atoms with Crippen LogP contribution in [-0.4, -0.2) is 27.0 Å². The number of anilines is 1. The monoisotopic (exact) mass is 390 g/mol. The van der Waals surface area contributed by atoms with Crippen molar-refractivity contribution in [1.82, 2.24) is 4.72 Å². The van der Waals surface area contributed by atoms with Crippen LogP contribution in [-0.2, 0) is 14.8 Å². The second-order valence-electron chi connectivity index (χ2n) is 6.51. The van der Waals surface area contributed by atoms with E-state index in [0.29, 0.717) is 18.0 Å². The summed E-state index contributed by atoms with van der Waals surface area (Å²) in [6.45, 7) is 9.66. The molecule has 1 atom stereocenters. The van der Waals surface area contributed by atoms with Crippen molar-refractivity contribution in [3.05, 3.63) is 53.1 Å². The number of ether oxygens (including phenoxy) is 1. The molecular formula is C20H26N2O4S. The minimum atomic E-state index is -3.82. The Bertz CT molecular complexity index is 898. The van der Waals surface area contributed by atoms with Gasteiger partial charge < -0.3 is 10.1 Å². The van der Waals surface area contributed by atoms with E-state index in [-0.39, 0.29) is 4.90 Å². The van der Waals surface area contributed by atoms with Gasteiger partial charge in [-0.25, -0.2) is 8.42 Å². The Morgan fingerprint density at radius 1 is 1.07 bits per heavy atom. The second-order valence-corrected chi connectivity index (χ2v) is 8.22. The number of hydrogen-bond donors (Lipinski definition) is 2. The normalized spacial score (nSPS) is 12.5. The molecule has 0 aliphatic carbocycles. The first kappa shape index (κ1) is 20.9. The highest BCUT2D eigenvalue weighted by Crippen LogP contribution is 2.22. The maximum atomic E-state index is 12.5. The molecule has 0 heterocycles. The van der Waals surface area contributed by atoms with Crippen molar-refractivity contribution < 1.29 is 17.9 Å². The van der Waals surface area contributed by atoms with Crippen LogP contribution >= 0.6 is 0 Å². The molecule has 0 saturated carbocycles. The lowest BCUT2D eigenvalue weighted by molar-refractivity contribution is -0.117. The van der Waals surface area contributed by atoms with E-state index in [9.17, 15) is 13.2 Å². The minimum Gasteiger partial charge on any atom is -0.494 e. The fourth-order valence-corrected chi connectivity index (χ4v) is 4.05. The number of carbonyl (C=O) groups is 1. The molecule has 146 valence electrons. The molecule has 1 amide bonds. The largest absolute Gasteiger partial charge is 0.494 e. The highest BCUT2D eigenvalue weighted by atomic mass is 32.2. The van der Waals surface area contributed by atoms with Crippen molar-refractivity contribution in [3.63, 3.8) is 0 Å². The molecule has 0 radical (unpaired) electrons. The summed E-state index contributed by atoms with van der Waals surface area (Å²) >= 11 is 0. The van der Waals surface area contributed by atoms with Crippen molar-refractivity contribution in [2.75, 3.05) is 11.9 Å². The Kier molecular flexibility index (Phi) is 6.62. The standard InChI is InChI=1S/C20H26N2O4S/c1-6-26-17-7-9-18(10-8-17)27(24,25)22-16(5)20(23)21-19-14(3)11-13(2)12-15(19)4/h7-12,16,22H,6H2,1-5H3,(H,21,23)/t16-/m1/s1. The molecule has 0 fully saturated rings. The lowest BCUT2D eigenvalue weighted by Crippen LogP contribution is -2.41. The first-order valence-corrected chi connectivity index (χ1v) is 10.3. The summed E-state index contributed by atoms with van der Waals surface area (Å²) in [5.41, 5.74) is 3.68. The van der Waals surface area contributed by atoms with Gasteiger partial charge in [0.1, 0.15) is 5.75 Å². The topological polar surface area (TPSA) is 84.5 Å². The van der Waals surface area contributed by atoms with Gasteiger partial charge >= 0.3 is 0 Å². The van der Waals surface area contributed by atoms with Crippen LogP contribution in [0.2, 0.25) is 0 Å². The fourth-order valence-electron chi connectivity index (χ4n) is 2.84. The Balaban J connectivity index is 2.11. The molecule has 0 unspecified atom stereocenters. The van der Waals surface area contributed by atoms with Crippen LogP contribution in [0.4, 0.5) is 5.69 Å². The molecule has 27 heavy (non-hydrogen) atoms. The molecule has 6 nitrogen and oxygen atoms in total. The SMILES string of the molecule is CCOc1ccc(S(=O)(=O)N[C@H](C)C(=O)Nc2c(C)cc(C)cc2C)cc1. The van der Waals surface area contributed by atoms with E-state index >= 15 is 0 Å². The van der Waals surface area contributed by atoms with Gasteiger partial charge in [0.05, 0.1) is 17.5 Å². The first-order chi connectivity index (χ1) is 12.6. The predicted molar refractivity (Wildman–Crippen MR) is 107 cm³/mol. The molecular weight excluding hydrogens is 364 g/mol. The molecule has 0 aliphatic heterocycles. The predicted octanol–water partition coefficient (Wildman–Crippen LogP) is 3.32. The van der Waals surface area contributed by atoms with Gasteiger partial charge in [-0.3, -0.25) is 4.79 Å². The number of carbonyl (C=O) groups excluding carboxylic acids is 1. The van der Waals surface area contributed by atoms with Gasteiger partial charge in [-0.2, -0.15) is 4.72 Å². The minimum absolute atomic E-state index is 0.0771. The zero-order valence-corrected chi connectivity index (χ0v) is 17.1. The van der Waals surface area contributed by atoms with Gasteiger partial charge in [0, 0.05) is 5.69 Å². The Hall–Kier alpha value is -2.38. The van der Waals surface area contributed by atoms with Crippen LogP contribution in [0, 0.1) is 20.8 Å². The third kappa shape index (κ3) is 5.30. The summed E-state index contributed by atoms with van der Waals surface area (Å²) in [6.07, 6.45) is 0. The van der Waals surface area contributed by atoms with Crippen LogP contribution in [0.15, 0.2) is 41.3 Å². The maximum Gasteiger partial charge on any atom is 0.242 e. The summed E-state index contributed by atoms with van der Waals surface area (Å²) in [7, 11) is -3.82. The number of rotatable bonds is 7. The molecule has 2 aromatic rings. The number of nitrogens with one attached hydrogen (secondary N) is 2. The van der Waals surface area contributed by atoms with Crippen molar-refractivity contribution in [2.45, 2.75) is 45.6 Å². The third-order valence-electron chi connectivity index (χ3n) is 4.10. The highest BCUT2D eigenvalue weighted by molar-refractivity contribution is 7.89. The summed E-state index contributed by atoms with van der Waals surface area (Å²) in [6, 6.07) is 9.08. The number of amides is 1. The number of benzene rings is 2. The van der Waals surface area contributed by atoms with E-state index in [1.54, 1.807) is 12.1 Å². The van der Waals surface area contributed by atoms with Crippen LogP contribution in [0.5, 0.6) is 5.75 Å². The molecule has 2 rings (SSSR count). The third-order valence-corrected chi connectivity index (χ3v) is 5.65. The molecule has 0 saturated heterocycles. The van der Waals surface area contributed by atoms with E-state index in [4.69, 9.17) is 4.74 Å². The van der Waals surface area contributed by atoms with Gasteiger partial charge in [-0.1, -0.05) is 17.7 Å². The van der Waals surface area contributed by atoms with Gasteiger partial charge in [-0.15, -0.1) is 0 Å². The summed E-state index contributed by atoms with van der Waals surface area (Å²) in [4.78, 5) is 12.6. The molecule has 0 aromatic heterocycles. The lowest BCUT2D eigenvalue weighted by atomic mass is 10.0. The average Bonchev–Trinajstić information content (AvgIpc) is 2.58. The second kappa shape index (κ2) is 8.54. The van der Waals surface area contributed by atoms with E-state index < -0.39 is 22.0 Å². The number of aryl methyl sites for hydroxylation is 3.